The minimum absolute atomic E-state index is 0.0424. The molecule has 0 aliphatic carbocycles. The zero-order valence-electron chi connectivity index (χ0n) is 12.3. The van der Waals surface area contributed by atoms with Gasteiger partial charge in [-0.15, -0.1) is 11.3 Å². The van der Waals surface area contributed by atoms with Gasteiger partial charge in [0.1, 0.15) is 4.21 Å². The van der Waals surface area contributed by atoms with Crippen molar-refractivity contribution in [3.8, 4) is 0 Å². The zero-order chi connectivity index (χ0) is 16.1. The summed E-state index contributed by atoms with van der Waals surface area (Å²) in [7, 11) is -3.22. The molecule has 1 N–H and O–H groups in total. The van der Waals surface area contributed by atoms with Crippen molar-refractivity contribution in [3.05, 3.63) is 17.5 Å². The Kier molecular flexibility index (Phi) is 6.75. The first-order chi connectivity index (χ1) is 9.63. The zero-order valence-corrected chi connectivity index (χ0v) is 14.8. The first-order valence-corrected chi connectivity index (χ1v) is 10.5. The SMILES string of the molecule is CN(C)CCN(CCNS(=O)(=O)c1cccs1)S(C)(=O)=O. The fourth-order valence-electron chi connectivity index (χ4n) is 1.55. The average Bonchev–Trinajstić information content (AvgIpc) is 2.85. The lowest BCUT2D eigenvalue weighted by Crippen LogP contribution is -2.41. The second kappa shape index (κ2) is 7.65. The van der Waals surface area contributed by atoms with Crippen LogP contribution < -0.4 is 4.72 Å². The highest BCUT2D eigenvalue weighted by Gasteiger charge is 2.19. The van der Waals surface area contributed by atoms with Gasteiger partial charge in [0.15, 0.2) is 0 Å². The van der Waals surface area contributed by atoms with Crippen molar-refractivity contribution in [3.63, 3.8) is 0 Å². The Morgan fingerprint density at radius 3 is 2.29 bits per heavy atom. The van der Waals surface area contributed by atoms with Crippen LogP contribution in [0.5, 0.6) is 0 Å². The highest BCUT2D eigenvalue weighted by atomic mass is 32.2. The fourth-order valence-corrected chi connectivity index (χ4v) is 4.44. The van der Waals surface area contributed by atoms with E-state index in [0.717, 1.165) is 17.6 Å². The Bertz CT molecular complexity index is 624. The minimum atomic E-state index is -3.55. The normalized spacial score (nSPS) is 13.2. The van der Waals surface area contributed by atoms with Gasteiger partial charge in [-0.25, -0.2) is 21.6 Å². The number of sulfonamides is 2. The maximum Gasteiger partial charge on any atom is 0.250 e. The van der Waals surface area contributed by atoms with Crippen LogP contribution in [0.25, 0.3) is 0 Å². The van der Waals surface area contributed by atoms with Gasteiger partial charge in [0.25, 0.3) is 0 Å². The second-order valence-electron chi connectivity index (χ2n) is 4.80. The maximum absolute atomic E-state index is 11.9. The van der Waals surface area contributed by atoms with E-state index in [2.05, 4.69) is 4.72 Å². The van der Waals surface area contributed by atoms with Gasteiger partial charge < -0.3 is 4.90 Å². The van der Waals surface area contributed by atoms with Crippen molar-refractivity contribution in [2.45, 2.75) is 4.21 Å². The largest absolute Gasteiger partial charge is 0.308 e. The van der Waals surface area contributed by atoms with Crippen molar-refractivity contribution < 1.29 is 16.8 Å². The van der Waals surface area contributed by atoms with E-state index in [0.29, 0.717) is 13.1 Å². The number of nitrogens with zero attached hydrogens (tertiary/aromatic N) is 2. The Morgan fingerprint density at radius 2 is 1.81 bits per heavy atom. The summed E-state index contributed by atoms with van der Waals surface area (Å²) < 4.78 is 51.1. The number of thiophene rings is 1. The summed E-state index contributed by atoms with van der Waals surface area (Å²) in [6.07, 6.45) is 1.12. The van der Waals surface area contributed by atoms with Gasteiger partial charge in [0.05, 0.1) is 6.26 Å². The van der Waals surface area contributed by atoms with Crippen LogP contribution in [0.1, 0.15) is 0 Å². The molecule has 0 spiro atoms. The molecule has 122 valence electrons. The number of hydrogen-bond acceptors (Lipinski definition) is 6. The summed E-state index contributed by atoms with van der Waals surface area (Å²) in [6.45, 7) is 1.05. The van der Waals surface area contributed by atoms with Crippen LogP contribution in [0.3, 0.4) is 0 Å². The third-order valence-corrected chi connectivity index (χ3v) is 6.84. The summed E-state index contributed by atoms with van der Waals surface area (Å²) in [5.74, 6) is 0. The summed E-state index contributed by atoms with van der Waals surface area (Å²) in [5, 5.41) is 1.68. The van der Waals surface area contributed by atoms with Crippen molar-refractivity contribution in [2.75, 3.05) is 46.5 Å². The second-order valence-corrected chi connectivity index (χ2v) is 9.72. The van der Waals surface area contributed by atoms with Crippen LogP contribution in [-0.2, 0) is 20.0 Å². The molecule has 0 radical (unpaired) electrons. The minimum Gasteiger partial charge on any atom is -0.308 e. The van der Waals surface area contributed by atoms with Crippen LogP contribution in [-0.4, -0.2) is 72.6 Å². The van der Waals surface area contributed by atoms with Crippen molar-refractivity contribution >= 4 is 31.4 Å². The van der Waals surface area contributed by atoms with Crippen molar-refractivity contribution in [1.82, 2.24) is 13.9 Å². The molecule has 1 aromatic heterocycles. The molecule has 7 nitrogen and oxygen atoms in total. The molecule has 0 fully saturated rings. The lowest BCUT2D eigenvalue weighted by Gasteiger charge is -2.21. The smallest absolute Gasteiger partial charge is 0.250 e. The highest BCUT2D eigenvalue weighted by Crippen LogP contribution is 2.14. The molecule has 0 saturated heterocycles. The molecule has 1 aromatic rings. The molecule has 1 rings (SSSR count). The third kappa shape index (κ3) is 6.41. The lowest BCUT2D eigenvalue weighted by molar-refractivity contribution is 0.336. The van der Waals surface area contributed by atoms with E-state index in [1.165, 1.54) is 10.4 Å². The first-order valence-electron chi connectivity index (χ1n) is 6.26. The summed E-state index contributed by atoms with van der Waals surface area (Å²) in [6, 6.07) is 3.16. The van der Waals surface area contributed by atoms with Crippen LogP contribution in [0, 0.1) is 0 Å². The van der Waals surface area contributed by atoms with Crippen LogP contribution >= 0.6 is 11.3 Å². The summed E-state index contributed by atoms with van der Waals surface area (Å²) >= 11 is 1.12. The monoisotopic (exact) mass is 355 g/mol. The average molecular weight is 356 g/mol. The van der Waals surface area contributed by atoms with Crippen LogP contribution in [0.2, 0.25) is 0 Å². The molecule has 0 amide bonds. The van der Waals surface area contributed by atoms with Gasteiger partial charge in [-0.05, 0) is 25.5 Å². The maximum atomic E-state index is 11.9. The number of likely N-dealkylation sites (N-methyl/N-ethyl adjacent to an activating group) is 1. The quantitative estimate of drug-likeness (QED) is 0.666. The molecule has 21 heavy (non-hydrogen) atoms. The predicted molar refractivity (Wildman–Crippen MR) is 84.5 cm³/mol. The topological polar surface area (TPSA) is 86.8 Å². The van der Waals surface area contributed by atoms with E-state index in [1.54, 1.807) is 11.4 Å². The molecule has 0 aliphatic rings. The van der Waals surface area contributed by atoms with E-state index >= 15 is 0 Å². The first kappa shape index (κ1) is 18.5. The Morgan fingerprint density at radius 1 is 1.14 bits per heavy atom. The van der Waals surface area contributed by atoms with E-state index in [9.17, 15) is 16.8 Å². The Balaban J connectivity index is 2.58. The summed E-state index contributed by atoms with van der Waals surface area (Å²) in [4.78, 5) is 1.87. The van der Waals surface area contributed by atoms with E-state index in [1.807, 2.05) is 19.0 Å². The molecule has 0 aromatic carbocycles. The van der Waals surface area contributed by atoms with E-state index < -0.39 is 20.0 Å². The molecular weight excluding hydrogens is 334 g/mol. The Labute approximate surface area is 130 Å². The van der Waals surface area contributed by atoms with Crippen molar-refractivity contribution in [2.24, 2.45) is 0 Å². The fraction of sp³-hybridized carbons (Fsp3) is 0.636. The molecule has 1 heterocycles. The highest BCUT2D eigenvalue weighted by molar-refractivity contribution is 7.91. The van der Waals surface area contributed by atoms with Crippen molar-refractivity contribution in [1.29, 1.82) is 0 Å². The Hall–Kier alpha value is -0.520. The van der Waals surface area contributed by atoms with Gasteiger partial charge in [-0.3, -0.25) is 0 Å². The predicted octanol–water partition coefficient (Wildman–Crippen LogP) is -0.150. The van der Waals surface area contributed by atoms with Crippen LogP contribution in [0.15, 0.2) is 21.7 Å². The van der Waals surface area contributed by atoms with Gasteiger partial charge in [0.2, 0.25) is 20.0 Å². The molecule has 10 heteroatoms. The summed E-state index contributed by atoms with van der Waals surface area (Å²) in [5.41, 5.74) is 0. The standard InChI is InChI=1S/C11H21N3O4S3/c1-13(2)8-9-14(20(3,15)16)7-6-12-21(17,18)11-5-4-10-19-11/h4-5,10,12H,6-9H2,1-3H3. The third-order valence-electron chi connectivity index (χ3n) is 2.68. The number of hydrogen-bond donors (Lipinski definition) is 1. The van der Waals surface area contributed by atoms with Gasteiger partial charge in [0, 0.05) is 26.2 Å². The molecule has 0 bridgehead atoms. The number of rotatable bonds is 9. The van der Waals surface area contributed by atoms with Gasteiger partial charge >= 0.3 is 0 Å². The molecule has 0 unspecified atom stereocenters. The van der Waals surface area contributed by atoms with E-state index in [4.69, 9.17) is 0 Å². The van der Waals surface area contributed by atoms with Gasteiger partial charge in [-0.2, -0.15) is 4.31 Å². The molecule has 0 aliphatic heterocycles. The van der Waals surface area contributed by atoms with Gasteiger partial charge in [-0.1, -0.05) is 6.07 Å². The van der Waals surface area contributed by atoms with E-state index in [-0.39, 0.29) is 17.3 Å². The molecular formula is C11H21N3O4S3. The molecule has 0 atom stereocenters. The lowest BCUT2D eigenvalue weighted by atomic mass is 10.5. The molecule has 0 saturated carbocycles. The number of nitrogens with one attached hydrogen (secondary N) is 1. The van der Waals surface area contributed by atoms with Crippen LogP contribution in [0.4, 0.5) is 0 Å².